The first-order chi connectivity index (χ1) is 17.0. The van der Waals surface area contributed by atoms with Gasteiger partial charge >= 0.3 is 0 Å². The summed E-state index contributed by atoms with van der Waals surface area (Å²) in [5.41, 5.74) is 4.68. The molecule has 0 amide bonds. The van der Waals surface area contributed by atoms with E-state index in [1.54, 1.807) is 5.56 Å². The minimum absolute atomic E-state index is 0.305. The molecule has 0 fully saturated rings. The maximum absolute atomic E-state index is 2.42. The van der Waals surface area contributed by atoms with Gasteiger partial charge in [-0.05, 0) is 87.2 Å². The molecule has 0 nitrogen and oxygen atoms in total. The topological polar surface area (TPSA) is 0 Å². The molecule has 0 aliphatic carbocycles. The largest absolute Gasteiger partial charge is 0.0683 e. The maximum Gasteiger partial charge on any atom is -0.00692 e. The molecule has 0 bridgehead atoms. The van der Waals surface area contributed by atoms with E-state index in [9.17, 15) is 0 Å². The lowest BCUT2D eigenvalue weighted by Crippen LogP contribution is -2.22. The molecule has 0 heterocycles. The first kappa shape index (κ1) is 26.5. The van der Waals surface area contributed by atoms with Crippen molar-refractivity contribution in [3.05, 3.63) is 108 Å². The fraction of sp³-hybridized carbons (Fsp3) is 0.314. The Morgan fingerprint density at radius 1 is 0.600 bits per heavy atom. The Morgan fingerprint density at radius 3 is 1.60 bits per heavy atom. The molecule has 0 saturated heterocycles. The number of fused-ring (bicyclic) bond motifs is 3. The molecule has 5 aromatic carbocycles. The van der Waals surface area contributed by atoms with E-state index in [0.717, 1.165) is 0 Å². The van der Waals surface area contributed by atoms with Gasteiger partial charge in [-0.25, -0.2) is 0 Å². The Labute approximate surface area is 213 Å². The third-order valence-corrected chi connectivity index (χ3v) is 7.36. The fourth-order valence-corrected chi connectivity index (χ4v) is 5.45. The Morgan fingerprint density at radius 2 is 1.09 bits per heavy atom. The highest BCUT2D eigenvalue weighted by atomic mass is 14.3. The predicted octanol–water partition coefficient (Wildman–Crippen LogP) is 10.9. The molecule has 1 unspecified atom stereocenters. The van der Waals surface area contributed by atoms with Crippen LogP contribution in [0.4, 0.5) is 0 Å². The predicted molar refractivity (Wildman–Crippen MR) is 159 cm³/mol. The van der Waals surface area contributed by atoms with E-state index in [1.807, 2.05) is 13.8 Å². The summed E-state index contributed by atoms with van der Waals surface area (Å²) in [4.78, 5) is 0. The number of rotatable bonds is 4. The second-order valence-electron chi connectivity index (χ2n) is 9.59. The summed E-state index contributed by atoms with van der Waals surface area (Å²) in [6.07, 6.45) is 3.71. The van der Waals surface area contributed by atoms with Crippen molar-refractivity contribution in [1.82, 2.24) is 0 Å². The van der Waals surface area contributed by atoms with Gasteiger partial charge in [0.05, 0.1) is 0 Å². The van der Waals surface area contributed by atoms with Crippen LogP contribution in [0.1, 0.15) is 70.6 Å². The molecular weight excluding hydrogens is 420 g/mol. The lowest BCUT2D eigenvalue weighted by Gasteiger charge is -2.31. The maximum atomic E-state index is 2.42. The molecule has 5 aromatic rings. The van der Waals surface area contributed by atoms with Crippen LogP contribution in [0.15, 0.2) is 91.0 Å². The summed E-state index contributed by atoms with van der Waals surface area (Å²) >= 11 is 0. The van der Waals surface area contributed by atoms with Crippen LogP contribution in [-0.2, 0) is 5.41 Å². The number of benzene rings is 5. The van der Waals surface area contributed by atoms with Crippen molar-refractivity contribution in [3.63, 3.8) is 0 Å². The third kappa shape index (κ3) is 5.59. The van der Waals surface area contributed by atoms with Crippen molar-refractivity contribution in [3.8, 4) is 0 Å². The number of hydrogen-bond donors (Lipinski definition) is 0. The molecule has 0 N–H and O–H groups in total. The van der Waals surface area contributed by atoms with E-state index in [2.05, 4.69) is 126 Å². The van der Waals surface area contributed by atoms with Gasteiger partial charge < -0.3 is 0 Å². The zero-order valence-electron chi connectivity index (χ0n) is 22.8. The molecular formula is C35H42. The molecule has 0 radical (unpaired) electrons. The molecule has 0 spiro atoms. The smallest absolute Gasteiger partial charge is 0.00692 e. The first-order valence-corrected chi connectivity index (χ1v) is 13.3. The van der Waals surface area contributed by atoms with Crippen molar-refractivity contribution in [2.24, 2.45) is 0 Å². The van der Waals surface area contributed by atoms with Gasteiger partial charge in [-0.1, -0.05) is 126 Å². The van der Waals surface area contributed by atoms with Crippen LogP contribution < -0.4 is 0 Å². The quantitative estimate of drug-likeness (QED) is 0.233. The van der Waals surface area contributed by atoms with Gasteiger partial charge in [-0.3, -0.25) is 0 Å². The summed E-state index contributed by atoms with van der Waals surface area (Å²) < 4.78 is 0. The van der Waals surface area contributed by atoms with Crippen LogP contribution >= 0.6 is 0 Å². The standard InChI is InChI=1S/C18H24.C15H12.C2H6/c1-5-13-18(4,6-2)17-14(3)11-12-15-9-7-8-10-16(15)17;1-11-14-8-4-2-6-12(14)10-13-7-3-5-9-15(11)13;1-2/h7-12H,5-6,13H2,1-4H3;2-10H,1H3;1-2H3. The van der Waals surface area contributed by atoms with Gasteiger partial charge in [0.2, 0.25) is 0 Å². The SMILES string of the molecule is CC.CCCC(C)(CC)c1c(C)ccc2ccccc12.Cc1c2ccccc2cc2ccccc12. The lowest BCUT2D eigenvalue weighted by atomic mass is 9.73. The van der Waals surface area contributed by atoms with Gasteiger partial charge in [-0.15, -0.1) is 0 Å². The average Bonchev–Trinajstić information content (AvgIpc) is 2.90. The highest BCUT2D eigenvalue weighted by molar-refractivity contribution is 6.01. The molecule has 35 heavy (non-hydrogen) atoms. The van der Waals surface area contributed by atoms with Crippen LogP contribution in [0.5, 0.6) is 0 Å². The highest BCUT2D eigenvalue weighted by Gasteiger charge is 2.26. The molecule has 0 heteroatoms. The van der Waals surface area contributed by atoms with Crippen LogP contribution in [0.2, 0.25) is 0 Å². The molecule has 0 aliphatic heterocycles. The highest BCUT2D eigenvalue weighted by Crippen LogP contribution is 2.39. The van der Waals surface area contributed by atoms with E-state index in [-0.39, 0.29) is 0 Å². The Hall–Kier alpha value is -3.12. The van der Waals surface area contributed by atoms with Crippen molar-refractivity contribution in [1.29, 1.82) is 0 Å². The molecule has 182 valence electrons. The van der Waals surface area contributed by atoms with E-state index >= 15 is 0 Å². The summed E-state index contributed by atoms with van der Waals surface area (Å²) in [6, 6.07) is 32.7. The first-order valence-electron chi connectivity index (χ1n) is 13.3. The normalized spacial score (nSPS) is 12.4. The Kier molecular flexibility index (Phi) is 9.10. The average molecular weight is 463 g/mol. The van der Waals surface area contributed by atoms with Gasteiger partial charge in [0, 0.05) is 0 Å². The van der Waals surface area contributed by atoms with E-state index in [4.69, 9.17) is 0 Å². The second kappa shape index (κ2) is 12.0. The monoisotopic (exact) mass is 462 g/mol. The summed E-state index contributed by atoms with van der Waals surface area (Å²) in [5, 5.41) is 8.18. The minimum Gasteiger partial charge on any atom is -0.0683 e. The van der Waals surface area contributed by atoms with Gasteiger partial charge in [0.15, 0.2) is 0 Å². The molecule has 0 aromatic heterocycles. The number of hydrogen-bond acceptors (Lipinski definition) is 0. The van der Waals surface area contributed by atoms with Gasteiger partial charge in [0.25, 0.3) is 0 Å². The van der Waals surface area contributed by atoms with Crippen molar-refractivity contribution >= 4 is 32.3 Å². The summed E-state index contributed by atoms with van der Waals surface area (Å²) in [6.45, 7) is 15.5. The minimum atomic E-state index is 0.305. The Balaban J connectivity index is 0.000000185. The van der Waals surface area contributed by atoms with Crippen LogP contribution in [-0.4, -0.2) is 0 Å². The second-order valence-corrected chi connectivity index (χ2v) is 9.59. The van der Waals surface area contributed by atoms with E-state index in [0.29, 0.717) is 5.41 Å². The van der Waals surface area contributed by atoms with Crippen LogP contribution in [0, 0.1) is 13.8 Å². The molecule has 1 atom stereocenters. The lowest BCUT2D eigenvalue weighted by molar-refractivity contribution is 0.415. The summed E-state index contributed by atoms with van der Waals surface area (Å²) in [5.74, 6) is 0. The summed E-state index contributed by atoms with van der Waals surface area (Å²) in [7, 11) is 0. The molecule has 5 rings (SSSR count). The van der Waals surface area contributed by atoms with Crippen molar-refractivity contribution in [2.75, 3.05) is 0 Å². The van der Waals surface area contributed by atoms with Gasteiger partial charge in [-0.2, -0.15) is 0 Å². The van der Waals surface area contributed by atoms with Gasteiger partial charge in [0.1, 0.15) is 0 Å². The number of aryl methyl sites for hydroxylation is 2. The Bertz CT molecular complexity index is 1340. The van der Waals surface area contributed by atoms with E-state index in [1.165, 1.54) is 62.7 Å². The molecule has 0 saturated carbocycles. The van der Waals surface area contributed by atoms with Crippen LogP contribution in [0.25, 0.3) is 32.3 Å². The fourth-order valence-electron chi connectivity index (χ4n) is 5.45. The van der Waals surface area contributed by atoms with Crippen molar-refractivity contribution in [2.45, 2.75) is 73.1 Å². The zero-order valence-corrected chi connectivity index (χ0v) is 22.8. The zero-order chi connectivity index (χ0) is 25.4. The van der Waals surface area contributed by atoms with E-state index < -0.39 is 0 Å². The van der Waals surface area contributed by atoms with Crippen LogP contribution in [0.3, 0.4) is 0 Å². The molecule has 0 aliphatic rings. The third-order valence-electron chi connectivity index (χ3n) is 7.36. The van der Waals surface area contributed by atoms with Crippen molar-refractivity contribution < 1.29 is 0 Å².